The van der Waals surface area contributed by atoms with Crippen molar-refractivity contribution in [3.05, 3.63) is 89.1 Å². The van der Waals surface area contributed by atoms with Gasteiger partial charge < -0.3 is 14.6 Å². The largest absolute Gasteiger partial charge is 0.500 e. The van der Waals surface area contributed by atoms with E-state index in [4.69, 9.17) is 14.5 Å². The number of aromatic nitrogens is 1. The molecule has 1 atom stereocenters. The molecule has 0 saturated carbocycles. The molecule has 1 N–H and O–H groups in total. The summed E-state index contributed by atoms with van der Waals surface area (Å²) in [5, 5.41) is 12.1. The number of halogens is 3. The highest BCUT2D eigenvalue weighted by atomic mass is 19.3. The van der Waals surface area contributed by atoms with Crippen LogP contribution in [0.2, 0.25) is 0 Å². The summed E-state index contributed by atoms with van der Waals surface area (Å²) < 4.78 is 54.4. The van der Waals surface area contributed by atoms with E-state index in [1.807, 2.05) is 12.1 Å². The highest BCUT2D eigenvalue weighted by molar-refractivity contribution is 5.85. The molecule has 1 unspecified atom stereocenters. The number of pyridine rings is 1. The van der Waals surface area contributed by atoms with Crippen molar-refractivity contribution >= 4 is 10.9 Å². The normalized spacial score (nSPS) is 16.4. The van der Waals surface area contributed by atoms with Gasteiger partial charge in [0.05, 0.1) is 36.9 Å². The SMILES string of the molecule is C=C(/C=C(\OC)C(C)(C)C(C)(F)F)CC(C)(O)Cc1ccc(-c2cnc3cc(CCCCN4CCOCC4)c(C)cc3c2)cc1F.[HH]. The molecule has 0 amide bonds. The topological polar surface area (TPSA) is 54.8 Å². The zero-order valence-corrected chi connectivity index (χ0v) is 28.2. The van der Waals surface area contributed by atoms with Crippen molar-refractivity contribution in [3.63, 3.8) is 0 Å². The Bertz CT molecular complexity index is 1560. The van der Waals surface area contributed by atoms with E-state index in [1.54, 1.807) is 19.2 Å². The fourth-order valence-electron chi connectivity index (χ4n) is 6.02. The van der Waals surface area contributed by atoms with E-state index in [2.05, 4.69) is 30.5 Å². The number of morpholine rings is 1. The molecule has 8 heteroatoms. The van der Waals surface area contributed by atoms with Crippen LogP contribution in [-0.4, -0.2) is 66.5 Å². The summed E-state index contributed by atoms with van der Waals surface area (Å²) in [5.74, 6) is -3.41. The number of hydrogen-bond donors (Lipinski definition) is 1. The van der Waals surface area contributed by atoms with E-state index in [-0.39, 0.29) is 20.0 Å². The molecule has 0 bridgehead atoms. The molecule has 0 radical (unpaired) electrons. The molecule has 1 saturated heterocycles. The predicted octanol–water partition coefficient (Wildman–Crippen LogP) is 8.70. The first-order chi connectivity index (χ1) is 21.6. The summed E-state index contributed by atoms with van der Waals surface area (Å²) in [4.78, 5) is 7.18. The first-order valence-corrected chi connectivity index (χ1v) is 16.1. The fourth-order valence-corrected chi connectivity index (χ4v) is 6.02. The lowest BCUT2D eigenvalue weighted by atomic mass is 9.82. The number of ether oxygens (including phenoxy) is 2. The Balaban J connectivity index is 0.00000600. The van der Waals surface area contributed by atoms with E-state index < -0.39 is 22.8 Å². The minimum Gasteiger partial charge on any atom is -0.500 e. The van der Waals surface area contributed by atoms with E-state index >= 15 is 4.39 Å². The van der Waals surface area contributed by atoms with Gasteiger partial charge in [-0.05, 0) is 112 Å². The van der Waals surface area contributed by atoms with Gasteiger partial charge in [-0.1, -0.05) is 18.7 Å². The Morgan fingerprint density at radius 1 is 1.07 bits per heavy atom. The van der Waals surface area contributed by atoms with Crippen molar-refractivity contribution in [2.24, 2.45) is 5.41 Å². The molecule has 0 aliphatic carbocycles. The zero-order chi connectivity index (χ0) is 33.7. The van der Waals surface area contributed by atoms with Gasteiger partial charge >= 0.3 is 0 Å². The van der Waals surface area contributed by atoms with Crippen molar-refractivity contribution in [1.82, 2.24) is 9.88 Å². The summed E-state index contributed by atoms with van der Waals surface area (Å²) in [6.45, 7) is 16.1. The van der Waals surface area contributed by atoms with Crippen molar-refractivity contribution in [3.8, 4) is 11.1 Å². The summed E-state index contributed by atoms with van der Waals surface area (Å²) in [5.41, 5.74) is 2.77. The van der Waals surface area contributed by atoms with Crippen LogP contribution < -0.4 is 0 Å². The average molecular weight is 641 g/mol. The third-order valence-electron chi connectivity index (χ3n) is 9.25. The van der Waals surface area contributed by atoms with Gasteiger partial charge in [0, 0.05) is 51.4 Å². The Kier molecular flexibility index (Phi) is 11.4. The summed E-state index contributed by atoms with van der Waals surface area (Å²) in [6.07, 6.45) is 6.57. The molecule has 1 aliphatic heterocycles. The number of benzene rings is 2. The molecular formula is C38H51F3N2O3. The lowest BCUT2D eigenvalue weighted by Gasteiger charge is -2.33. The first-order valence-electron chi connectivity index (χ1n) is 16.1. The number of aliphatic hydroxyl groups is 1. The molecule has 252 valence electrons. The Morgan fingerprint density at radius 3 is 2.43 bits per heavy atom. The Labute approximate surface area is 273 Å². The van der Waals surface area contributed by atoms with Gasteiger partial charge in [0.2, 0.25) is 0 Å². The van der Waals surface area contributed by atoms with Crippen molar-refractivity contribution in [2.45, 2.75) is 78.2 Å². The second-order valence-electron chi connectivity index (χ2n) is 13.6. The predicted molar refractivity (Wildman–Crippen MR) is 182 cm³/mol. The number of allylic oxidation sites excluding steroid dienone is 2. The second kappa shape index (κ2) is 14.7. The van der Waals surface area contributed by atoms with Crippen LogP contribution in [0.15, 0.2) is 66.6 Å². The van der Waals surface area contributed by atoms with E-state index in [0.29, 0.717) is 16.7 Å². The second-order valence-corrected chi connectivity index (χ2v) is 13.6. The van der Waals surface area contributed by atoms with Crippen LogP contribution in [0.3, 0.4) is 0 Å². The van der Waals surface area contributed by atoms with E-state index in [0.717, 1.165) is 75.5 Å². The number of aryl methyl sites for hydroxylation is 2. The van der Waals surface area contributed by atoms with Crippen molar-refractivity contribution in [2.75, 3.05) is 40.0 Å². The quantitative estimate of drug-likeness (QED) is 0.109. The molecule has 5 nitrogen and oxygen atoms in total. The van der Waals surface area contributed by atoms with Crippen LogP contribution in [0.25, 0.3) is 22.0 Å². The molecule has 46 heavy (non-hydrogen) atoms. The molecule has 1 aliphatic rings. The van der Waals surface area contributed by atoms with Gasteiger partial charge in [0.25, 0.3) is 5.92 Å². The smallest absolute Gasteiger partial charge is 0.257 e. The standard InChI is InChI=1S/C38H49F3N2O3.H2/c1-26(18-35(45-7)36(3,4)38(6,40)41)23-37(5,44)24-30-12-11-29(21-33(30)39)32-20-31-19-27(2)28(22-34(31)42-25-32)10-8-9-13-43-14-16-46-17-15-43;/h11-12,18-22,25,44H,1,8-10,13-17,23-24H2,2-7H3;1H/b35-18-;. The van der Waals surface area contributed by atoms with Crippen molar-refractivity contribution in [1.29, 1.82) is 0 Å². The van der Waals surface area contributed by atoms with E-state index in [1.165, 1.54) is 44.2 Å². The molecule has 2 aromatic carbocycles. The van der Waals surface area contributed by atoms with E-state index in [9.17, 15) is 13.9 Å². The summed E-state index contributed by atoms with van der Waals surface area (Å²) in [6, 6.07) is 11.3. The maximum atomic E-state index is 15.4. The number of alkyl halides is 2. The van der Waals surface area contributed by atoms with Gasteiger partial charge in [0.15, 0.2) is 0 Å². The van der Waals surface area contributed by atoms with Crippen LogP contribution in [0.5, 0.6) is 0 Å². The zero-order valence-electron chi connectivity index (χ0n) is 28.2. The minimum absolute atomic E-state index is 0. The molecule has 1 fully saturated rings. The van der Waals surface area contributed by atoms with Crippen LogP contribution in [0.1, 0.15) is 65.1 Å². The van der Waals surface area contributed by atoms with Crippen LogP contribution in [0, 0.1) is 18.2 Å². The van der Waals surface area contributed by atoms with Crippen LogP contribution in [-0.2, 0) is 22.3 Å². The van der Waals surface area contributed by atoms with Gasteiger partial charge in [-0.15, -0.1) is 0 Å². The molecule has 3 aromatic rings. The summed E-state index contributed by atoms with van der Waals surface area (Å²) >= 11 is 0. The van der Waals surface area contributed by atoms with Crippen molar-refractivity contribution < 1.29 is 29.2 Å². The number of hydrogen-bond acceptors (Lipinski definition) is 5. The molecule has 2 heterocycles. The lowest BCUT2D eigenvalue weighted by molar-refractivity contribution is -0.0887. The highest BCUT2D eigenvalue weighted by Crippen LogP contribution is 2.43. The first kappa shape index (κ1) is 35.7. The fraction of sp³-hybridized carbons (Fsp3) is 0.500. The third kappa shape index (κ3) is 8.99. The van der Waals surface area contributed by atoms with Gasteiger partial charge in [-0.2, -0.15) is 0 Å². The molecule has 1 aromatic heterocycles. The molecule has 0 spiro atoms. The lowest BCUT2D eigenvalue weighted by Crippen LogP contribution is -2.36. The molecular weight excluding hydrogens is 589 g/mol. The monoisotopic (exact) mass is 640 g/mol. The maximum absolute atomic E-state index is 15.4. The Hall–Kier alpha value is -3.20. The average Bonchev–Trinajstić information content (AvgIpc) is 2.98. The number of nitrogens with zero attached hydrogens (tertiary/aromatic N) is 2. The number of unbranched alkanes of at least 4 members (excludes halogenated alkanes) is 1. The number of rotatable bonds is 14. The third-order valence-corrected chi connectivity index (χ3v) is 9.25. The minimum atomic E-state index is -3.03. The maximum Gasteiger partial charge on any atom is 0.257 e. The van der Waals surface area contributed by atoms with Crippen LogP contribution in [0.4, 0.5) is 13.2 Å². The molecule has 4 rings (SSSR count). The Morgan fingerprint density at radius 2 is 1.78 bits per heavy atom. The van der Waals surface area contributed by atoms with Crippen LogP contribution >= 0.6 is 0 Å². The number of fused-ring (bicyclic) bond motifs is 1. The van der Waals surface area contributed by atoms with Gasteiger partial charge in [-0.3, -0.25) is 9.88 Å². The summed E-state index contributed by atoms with van der Waals surface area (Å²) in [7, 11) is 1.33. The highest BCUT2D eigenvalue weighted by Gasteiger charge is 2.46. The number of methoxy groups -OCH3 is 1. The van der Waals surface area contributed by atoms with Gasteiger partial charge in [0.1, 0.15) is 11.6 Å². The van der Waals surface area contributed by atoms with Gasteiger partial charge in [-0.25, -0.2) is 13.2 Å².